The quantitative estimate of drug-likeness (QED) is 0.362. The zero-order valence-electron chi connectivity index (χ0n) is 18.8. The van der Waals surface area contributed by atoms with E-state index in [1.165, 1.54) is 17.0 Å². The first-order valence-electron chi connectivity index (χ1n) is 11.2. The van der Waals surface area contributed by atoms with Crippen LogP contribution in [0.25, 0.3) is 22.2 Å². The largest absolute Gasteiger partial charge is 0.404 e. The highest BCUT2D eigenvalue weighted by Crippen LogP contribution is 2.36. The molecule has 5 rings (SSSR count). The van der Waals surface area contributed by atoms with Gasteiger partial charge < -0.3 is 15.4 Å². The van der Waals surface area contributed by atoms with Crippen LogP contribution in [0, 0.1) is 5.41 Å². The van der Waals surface area contributed by atoms with Gasteiger partial charge in [0, 0.05) is 23.5 Å². The summed E-state index contributed by atoms with van der Waals surface area (Å²) in [5, 5.41) is 13.4. The molecule has 0 amide bonds. The molecule has 1 saturated carbocycles. The predicted octanol–water partition coefficient (Wildman–Crippen LogP) is 2.06. The fourth-order valence-electron chi connectivity index (χ4n) is 4.17. The van der Waals surface area contributed by atoms with E-state index < -0.39 is 10.0 Å². The van der Waals surface area contributed by atoms with E-state index in [0.717, 1.165) is 12.8 Å². The Kier molecular flexibility index (Phi) is 5.84. The van der Waals surface area contributed by atoms with Crippen LogP contribution in [0.15, 0.2) is 53.7 Å². The molecule has 2 aromatic heterocycles. The van der Waals surface area contributed by atoms with Gasteiger partial charge >= 0.3 is 0 Å². The van der Waals surface area contributed by atoms with Gasteiger partial charge in [-0.2, -0.15) is 9.78 Å². The second kappa shape index (κ2) is 8.82. The lowest BCUT2D eigenvalue weighted by atomic mass is 10.0. The van der Waals surface area contributed by atoms with Gasteiger partial charge in [-0.05, 0) is 49.7 Å². The number of fused-ring (bicyclic) bond motifs is 1. The topological polar surface area (TPSA) is 139 Å². The second-order valence-electron chi connectivity index (χ2n) is 8.58. The number of rotatable bonds is 6. The number of benzene rings is 1. The molecule has 1 atom stereocenters. The van der Waals surface area contributed by atoms with E-state index in [9.17, 15) is 8.42 Å². The molecule has 4 N–H and O–H groups in total. The molecule has 3 aromatic rings. The number of aromatic nitrogens is 3. The molecule has 3 heterocycles. The van der Waals surface area contributed by atoms with Crippen molar-refractivity contribution in [1.29, 1.82) is 5.41 Å². The van der Waals surface area contributed by atoms with Gasteiger partial charge in [0.05, 0.1) is 30.3 Å². The zero-order chi connectivity index (χ0) is 23.9. The van der Waals surface area contributed by atoms with E-state index >= 15 is 0 Å². The van der Waals surface area contributed by atoms with Crippen LogP contribution in [0.3, 0.4) is 0 Å². The molecular formula is C23H27N7O3S. The summed E-state index contributed by atoms with van der Waals surface area (Å²) in [6, 6.07) is 8.94. The molecule has 1 saturated heterocycles. The average molecular weight is 482 g/mol. The summed E-state index contributed by atoms with van der Waals surface area (Å²) in [5.41, 5.74) is 7.20. The average Bonchev–Trinajstić information content (AvgIpc) is 3.52. The van der Waals surface area contributed by atoms with E-state index in [0.29, 0.717) is 47.7 Å². The fraction of sp³-hybridized carbons (Fsp3) is 0.348. The molecule has 0 bridgehead atoms. The maximum absolute atomic E-state index is 13.2. The first kappa shape index (κ1) is 22.5. The maximum Gasteiger partial charge on any atom is 0.241 e. The fourth-order valence-corrected chi connectivity index (χ4v) is 5.70. The third-order valence-corrected chi connectivity index (χ3v) is 7.62. The summed E-state index contributed by atoms with van der Waals surface area (Å²) >= 11 is 0. The standard InChI is InChI=1S/C23H27N7O3S/c1-15-14-33-11-10-29(15)22-12-18(19-13-26-30(23(19)27-22)21(25)8-9-24)17-4-2-3-5-20(17)34(31,32)28-16-6-7-16/h2-5,8-9,12-13,15-16,25,28H,6-7,10-11,14,24H2,1H3/b9-8-,25-21?/t15-/m1/s1. The van der Waals surface area contributed by atoms with Crippen LogP contribution in [0.4, 0.5) is 5.82 Å². The van der Waals surface area contributed by atoms with Gasteiger partial charge in [-0.3, -0.25) is 5.41 Å². The molecule has 1 aliphatic carbocycles. The number of hydrogen-bond acceptors (Lipinski definition) is 8. The van der Waals surface area contributed by atoms with E-state index in [2.05, 4.69) is 21.6 Å². The van der Waals surface area contributed by atoms with E-state index in [1.807, 2.05) is 12.1 Å². The number of nitrogens with zero attached hydrogens (tertiary/aromatic N) is 4. The molecule has 1 aliphatic heterocycles. The summed E-state index contributed by atoms with van der Waals surface area (Å²) in [6.45, 7) is 3.84. The number of ether oxygens (including phenoxy) is 1. The normalized spacial score (nSPS) is 19.2. The number of nitrogens with one attached hydrogen (secondary N) is 2. The minimum Gasteiger partial charge on any atom is -0.404 e. The molecule has 0 spiro atoms. The highest BCUT2D eigenvalue weighted by atomic mass is 32.2. The van der Waals surface area contributed by atoms with Crippen LogP contribution in [0.2, 0.25) is 0 Å². The molecule has 178 valence electrons. The summed E-state index contributed by atoms with van der Waals surface area (Å²) in [6.07, 6.45) is 6.01. The van der Waals surface area contributed by atoms with Gasteiger partial charge in [-0.15, -0.1) is 0 Å². The van der Waals surface area contributed by atoms with E-state index in [-0.39, 0.29) is 22.8 Å². The van der Waals surface area contributed by atoms with Crippen molar-refractivity contribution in [3.63, 3.8) is 0 Å². The Morgan fingerprint density at radius 3 is 2.82 bits per heavy atom. The zero-order valence-corrected chi connectivity index (χ0v) is 19.6. The molecular weight excluding hydrogens is 454 g/mol. The van der Waals surface area contributed by atoms with Gasteiger partial charge in [-0.1, -0.05) is 18.2 Å². The van der Waals surface area contributed by atoms with Crippen molar-refractivity contribution in [2.24, 2.45) is 5.73 Å². The molecule has 0 unspecified atom stereocenters. The smallest absolute Gasteiger partial charge is 0.241 e. The number of pyridine rings is 1. The van der Waals surface area contributed by atoms with Gasteiger partial charge in [0.1, 0.15) is 11.7 Å². The van der Waals surface area contributed by atoms with E-state index in [1.54, 1.807) is 24.4 Å². The Labute approximate surface area is 198 Å². The molecule has 2 fully saturated rings. The lowest BCUT2D eigenvalue weighted by Gasteiger charge is -2.34. The van der Waals surface area contributed by atoms with Crippen molar-refractivity contribution < 1.29 is 13.2 Å². The minimum absolute atomic E-state index is 0.00783. The Balaban J connectivity index is 1.73. The lowest BCUT2D eigenvalue weighted by molar-refractivity contribution is 0.0986. The van der Waals surface area contributed by atoms with E-state index in [4.69, 9.17) is 20.9 Å². The summed E-state index contributed by atoms with van der Waals surface area (Å²) in [4.78, 5) is 7.18. The van der Waals surface area contributed by atoms with Gasteiger partial charge in [-0.25, -0.2) is 18.1 Å². The van der Waals surface area contributed by atoms with Crippen LogP contribution in [0.1, 0.15) is 19.8 Å². The van der Waals surface area contributed by atoms with Gasteiger partial charge in [0.15, 0.2) is 5.65 Å². The summed E-state index contributed by atoms with van der Waals surface area (Å²) in [5.74, 6) is 0.728. The Morgan fingerprint density at radius 2 is 2.09 bits per heavy atom. The summed E-state index contributed by atoms with van der Waals surface area (Å²) in [7, 11) is -3.71. The molecule has 11 heteroatoms. The highest BCUT2D eigenvalue weighted by molar-refractivity contribution is 7.89. The molecule has 0 radical (unpaired) electrons. The number of nitrogens with two attached hydrogens (primary N) is 1. The molecule has 1 aromatic carbocycles. The number of allylic oxidation sites excluding steroid dienone is 1. The lowest BCUT2D eigenvalue weighted by Crippen LogP contribution is -2.44. The first-order chi connectivity index (χ1) is 16.4. The number of anilines is 1. The molecule has 2 aliphatic rings. The van der Waals surface area contributed by atoms with Crippen LogP contribution in [-0.4, -0.2) is 60.9 Å². The van der Waals surface area contributed by atoms with Crippen molar-refractivity contribution in [1.82, 2.24) is 19.5 Å². The second-order valence-corrected chi connectivity index (χ2v) is 10.3. The van der Waals surface area contributed by atoms with Gasteiger partial charge in [0.25, 0.3) is 0 Å². The first-order valence-corrected chi connectivity index (χ1v) is 12.7. The van der Waals surface area contributed by atoms with Gasteiger partial charge in [0.2, 0.25) is 10.0 Å². The van der Waals surface area contributed by atoms with Crippen LogP contribution < -0.4 is 15.4 Å². The van der Waals surface area contributed by atoms with Crippen LogP contribution in [0.5, 0.6) is 0 Å². The Morgan fingerprint density at radius 1 is 1.29 bits per heavy atom. The van der Waals surface area contributed by atoms with Crippen molar-refractivity contribution in [3.8, 4) is 11.1 Å². The number of sulfonamides is 1. The van der Waals surface area contributed by atoms with Crippen molar-refractivity contribution in [2.45, 2.75) is 36.7 Å². The Bertz CT molecular complexity index is 1380. The molecule has 34 heavy (non-hydrogen) atoms. The predicted molar refractivity (Wildman–Crippen MR) is 130 cm³/mol. The Hall–Kier alpha value is -3.28. The maximum atomic E-state index is 13.2. The summed E-state index contributed by atoms with van der Waals surface area (Å²) < 4.78 is 36.2. The third kappa shape index (κ3) is 4.17. The van der Waals surface area contributed by atoms with Crippen LogP contribution in [-0.2, 0) is 14.8 Å². The molecule has 10 nitrogen and oxygen atoms in total. The van der Waals surface area contributed by atoms with Crippen molar-refractivity contribution in [3.05, 3.63) is 48.8 Å². The number of hydrogen-bond donors (Lipinski definition) is 3. The van der Waals surface area contributed by atoms with Crippen LogP contribution >= 0.6 is 0 Å². The SMILES string of the molecule is C[C@@H]1COCCN1c1cc(-c2ccccc2S(=O)(=O)NC2CC2)c2cnn(C(=N)/C=C\N)c2n1. The monoisotopic (exact) mass is 481 g/mol. The third-order valence-electron chi connectivity index (χ3n) is 6.04. The minimum atomic E-state index is -3.71. The highest BCUT2D eigenvalue weighted by Gasteiger charge is 2.30. The van der Waals surface area contributed by atoms with Crippen molar-refractivity contribution >= 4 is 32.7 Å². The van der Waals surface area contributed by atoms with Crippen molar-refractivity contribution in [2.75, 3.05) is 24.7 Å². The number of morpholine rings is 1.